The molecule has 0 bridgehead atoms. The van der Waals surface area contributed by atoms with Crippen LogP contribution in [0.4, 0.5) is 5.95 Å². The van der Waals surface area contributed by atoms with Crippen LogP contribution in [0.25, 0.3) is 0 Å². The number of carbonyl (C=O) groups is 1. The molecule has 9 heteroatoms. The number of piperidine rings is 1. The number of anilines is 1. The van der Waals surface area contributed by atoms with Gasteiger partial charge in [0, 0.05) is 26.0 Å². The molecule has 134 valence electrons. The van der Waals surface area contributed by atoms with E-state index in [1.54, 1.807) is 32.4 Å². The largest absolute Gasteiger partial charge is 0.386 e. The summed E-state index contributed by atoms with van der Waals surface area (Å²) in [5.74, 6) is 0.458. The van der Waals surface area contributed by atoms with E-state index >= 15 is 0 Å². The first-order valence-corrected chi connectivity index (χ1v) is 8.23. The van der Waals surface area contributed by atoms with E-state index in [-0.39, 0.29) is 18.9 Å². The minimum Gasteiger partial charge on any atom is -0.386 e. The molecule has 2 aromatic rings. The highest BCUT2D eigenvalue weighted by Crippen LogP contribution is 2.24. The lowest BCUT2D eigenvalue weighted by Crippen LogP contribution is -2.55. The van der Waals surface area contributed by atoms with Gasteiger partial charge in [0.1, 0.15) is 11.4 Å². The molecule has 1 amide bonds. The predicted molar refractivity (Wildman–Crippen MR) is 88.8 cm³/mol. The van der Waals surface area contributed by atoms with E-state index in [1.165, 1.54) is 4.90 Å². The van der Waals surface area contributed by atoms with Crippen molar-refractivity contribution < 1.29 is 14.5 Å². The van der Waals surface area contributed by atoms with Gasteiger partial charge in [-0.25, -0.2) is 14.6 Å². The van der Waals surface area contributed by atoms with Crippen LogP contribution in [0.15, 0.2) is 23.1 Å². The van der Waals surface area contributed by atoms with Gasteiger partial charge in [-0.3, -0.25) is 4.79 Å². The Morgan fingerprint density at radius 2 is 2.16 bits per heavy atom. The number of aromatic nitrogens is 4. The Morgan fingerprint density at radius 1 is 1.40 bits per heavy atom. The zero-order valence-electron chi connectivity index (χ0n) is 14.4. The lowest BCUT2D eigenvalue weighted by atomic mass is 9.92. The van der Waals surface area contributed by atoms with E-state index < -0.39 is 5.60 Å². The third-order valence-electron chi connectivity index (χ3n) is 4.41. The summed E-state index contributed by atoms with van der Waals surface area (Å²) >= 11 is 0. The minimum atomic E-state index is -1.00. The molecule has 9 nitrogen and oxygen atoms in total. The number of aliphatic hydroxyl groups is 1. The molecule has 1 atom stereocenters. The SMILES string of the molecule is Cc1nonc1CC(=O)N(C)CC1(O)CCCN(c2ncccn2)C1. The van der Waals surface area contributed by atoms with E-state index in [4.69, 9.17) is 0 Å². The minimum absolute atomic E-state index is 0.105. The first-order chi connectivity index (χ1) is 12.0. The van der Waals surface area contributed by atoms with Gasteiger partial charge in [-0.05, 0) is 25.8 Å². The van der Waals surface area contributed by atoms with Gasteiger partial charge in [-0.2, -0.15) is 0 Å². The lowest BCUT2D eigenvalue weighted by Gasteiger charge is -2.41. The molecule has 25 heavy (non-hydrogen) atoms. The summed E-state index contributed by atoms with van der Waals surface area (Å²) in [6, 6.07) is 1.76. The number of carbonyl (C=O) groups excluding carboxylic acids is 1. The van der Waals surface area contributed by atoms with Gasteiger partial charge in [0.25, 0.3) is 0 Å². The van der Waals surface area contributed by atoms with Gasteiger partial charge in [0.2, 0.25) is 11.9 Å². The van der Waals surface area contributed by atoms with Crippen LogP contribution in [-0.4, -0.2) is 68.5 Å². The van der Waals surface area contributed by atoms with Crippen molar-refractivity contribution in [2.24, 2.45) is 0 Å². The molecule has 1 saturated heterocycles. The van der Waals surface area contributed by atoms with Gasteiger partial charge in [0.15, 0.2) is 0 Å². The van der Waals surface area contributed by atoms with Crippen molar-refractivity contribution in [3.05, 3.63) is 29.8 Å². The Balaban J connectivity index is 1.62. The Bertz CT molecular complexity index is 722. The molecule has 1 aliphatic rings. The summed E-state index contributed by atoms with van der Waals surface area (Å²) in [7, 11) is 1.68. The van der Waals surface area contributed by atoms with Crippen LogP contribution < -0.4 is 4.90 Å². The fraction of sp³-hybridized carbons (Fsp3) is 0.562. The molecule has 0 radical (unpaired) electrons. The molecular formula is C16H22N6O3. The van der Waals surface area contributed by atoms with Crippen molar-refractivity contribution in [2.45, 2.75) is 31.8 Å². The summed E-state index contributed by atoms with van der Waals surface area (Å²) in [5, 5.41) is 18.4. The normalized spacial score (nSPS) is 20.5. The average Bonchev–Trinajstić information content (AvgIpc) is 3.00. The molecule has 0 aliphatic carbocycles. The monoisotopic (exact) mass is 346 g/mol. The molecule has 3 rings (SSSR count). The first kappa shape index (κ1) is 17.3. The highest BCUT2D eigenvalue weighted by atomic mass is 16.6. The van der Waals surface area contributed by atoms with Gasteiger partial charge >= 0.3 is 0 Å². The predicted octanol–water partition coefficient (Wildman–Crippen LogP) is 0.200. The molecule has 1 aliphatic heterocycles. The van der Waals surface area contributed by atoms with E-state index in [2.05, 4.69) is 24.9 Å². The van der Waals surface area contributed by atoms with Gasteiger partial charge < -0.3 is 14.9 Å². The molecule has 0 spiro atoms. The van der Waals surface area contributed by atoms with Gasteiger partial charge in [-0.15, -0.1) is 0 Å². The van der Waals surface area contributed by atoms with Crippen LogP contribution in [0, 0.1) is 6.92 Å². The van der Waals surface area contributed by atoms with Crippen LogP contribution in [0.1, 0.15) is 24.2 Å². The van der Waals surface area contributed by atoms with Crippen LogP contribution in [-0.2, 0) is 11.2 Å². The van der Waals surface area contributed by atoms with Crippen LogP contribution in [0.3, 0.4) is 0 Å². The van der Waals surface area contributed by atoms with Crippen LogP contribution >= 0.6 is 0 Å². The third-order valence-corrected chi connectivity index (χ3v) is 4.41. The topological polar surface area (TPSA) is 108 Å². The third kappa shape index (κ3) is 4.11. The highest BCUT2D eigenvalue weighted by molar-refractivity contribution is 5.78. The fourth-order valence-corrected chi connectivity index (χ4v) is 3.08. The van der Waals surface area contributed by atoms with E-state index in [9.17, 15) is 9.90 Å². The number of nitrogens with zero attached hydrogens (tertiary/aromatic N) is 6. The second-order valence-electron chi connectivity index (χ2n) is 6.52. The standard InChI is InChI=1S/C16H22N6O3/c1-12-13(20-25-19-12)9-14(23)21(2)10-16(24)5-3-8-22(11-16)15-17-6-4-7-18-15/h4,6-7,24H,3,5,8-11H2,1-2H3. The summed E-state index contributed by atoms with van der Waals surface area (Å²) in [5.41, 5.74) is 0.122. The quantitative estimate of drug-likeness (QED) is 0.818. The Labute approximate surface area is 145 Å². The number of likely N-dealkylation sites (N-methyl/N-ethyl adjacent to an activating group) is 1. The highest BCUT2D eigenvalue weighted by Gasteiger charge is 2.36. The molecule has 0 saturated carbocycles. The van der Waals surface area contributed by atoms with Crippen molar-refractivity contribution in [1.82, 2.24) is 25.2 Å². The van der Waals surface area contributed by atoms with Gasteiger partial charge in [-0.1, -0.05) is 10.3 Å². The number of rotatable bonds is 5. The first-order valence-electron chi connectivity index (χ1n) is 8.23. The average molecular weight is 346 g/mol. The molecule has 2 aromatic heterocycles. The van der Waals surface area contributed by atoms with Crippen LogP contribution in [0.2, 0.25) is 0 Å². The molecule has 3 heterocycles. The van der Waals surface area contributed by atoms with Crippen molar-refractivity contribution in [2.75, 3.05) is 31.6 Å². The van der Waals surface area contributed by atoms with E-state index in [0.717, 1.165) is 13.0 Å². The second kappa shape index (κ2) is 7.14. The second-order valence-corrected chi connectivity index (χ2v) is 6.52. The van der Waals surface area contributed by atoms with Crippen LogP contribution in [0.5, 0.6) is 0 Å². The molecule has 1 fully saturated rings. The molecular weight excluding hydrogens is 324 g/mol. The smallest absolute Gasteiger partial charge is 0.228 e. The van der Waals surface area contributed by atoms with E-state index in [0.29, 0.717) is 30.3 Å². The van der Waals surface area contributed by atoms with Crippen molar-refractivity contribution in [3.63, 3.8) is 0 Å². The Hall–Kier alpha value is -2.55. The summed E-state index contributed by atoms with van der Waals surface area (Å²) < 4.78 is 4.62. The number of hydrogen-bond acceptors (Lipinski definition) is 8. The van der Waals surface area contributed by atoms with Crippen molar-refractivity contribution in [3.8, 4) is 0 Å². The zero-order valence-corrected chi connectivity index (χ0v) is 14.4. The lowest BCUT2D eigenvalue weighted by molar-refractivity contribution is -0.132. The number of aryl methyl sites for hydroxylation is 1. The molecule has 0 aromatic carbocycles. The van der Waals surface area contributed by atoms with Gasteiger partial charge in [0.05, 0.1) is 25.1 Å². The van der Waals surface area contributed by atoms with Crippen molar-refractivity contribution >= 4 is 11.9 Å². The van der Waals surface area contributed by atoms with Crippen molar-refractivity contribution in [1.29, 1.82) is 0 Å². The number of amides is 1. The summed E-state index contributed by atoms with van der Waals surface area (Å²) in [6.45, 7) is 3.15. The Morgan fingerprint density at radius 3 is 2.84 bits per heavy atom. The maximum absolute atomic E-state index is 12.4. The van der Waals surface area contributed by atoms with E-state index in [1.807, 2.05) is 4.90 Å². The maximum Gasteiger partial charge on any atom is 0.228 e. The fourth-order valence-electron chi connectivity index (χ4n) is 3.08. The Kier molecular flexibility index (Phi) is 4.93. The number of hydrogen-bond donors (Lipinski definition) is 1. The molecule has 1 N–H and O–H groups in total. The maximum atomic E-state index is 12.4. The summed E-state index contributed by atoms with van der Waals surface area (Å²) in [4.78, 5) is 24.4. The number of β-amino-alcohol motifs (C(OH)–C–C–N with tert-alkyl or cyclic N) is 1. The molecule has 1 unspecified atom stereocenters. The summed E-state index contributed by atoms with van der Waals surface area (Å²) in [6.07, 6.45) is 4.90. The zero-order chi connectivity index (χ0) is 17.9.